The van der Waals surface area contributed by atoms with Gasteiger partial charge in [-0.3, -0.25) is 14.4 Å². The molecular weight excluding hydrogens is 534 g/mol. The summed E-state index contributed by atoms with van der Waals surface area (Å²) in [7, 11) is 2.66. The number of benzene rings is 2. The predicted molar refractivity (Wildman–Crippen MR) is 129 cm³/mol. The third kappa shape index (κ3) is 5.17. The second-order valence-electron chi connectivity index (χ2n) is 8.34. The van der Waals surface area contributed by atoms with E-state index < -0.39 is 53.1 Å². The van der Waals surface area contributed by atoms with Crippen molar-refractivity contribution >= 4 is 29.1 Å². The summed E-state index contributed by atoms with van der Waals surface area (Å²) < 4.78 is 65.3. The molecule has 0 unspecified atom stereocenters. The Balaban J connectivity index is 1.74. The summed E-state index contributed by atoms with van der Waals surface area (Å²) in [4.78, 5) is 40.3. The number of rotatable bonds is 7. The van der Waals surface area contributed by atoms with E-state index in [9.17, 15) is 23.2 Å². The number of ether oxygens (including phenoxy) is 2. The summed E-state index contributed by atoms with van der Waals surface area (Å²) >= 11 is 6.22. The fourth-order valence-electron chi connectivity index (χ4n) is 4.24. The maximum absolute atomic E-state index is 15.1. The molecule has 200 valence electrons. The lowest BCUT2D eigenvalue weighted by Crippen LogP contribution is -2.44. The lowest BCUT2D eigenvalue weighted by molar-refractivity contribution is -0.118. The maximum Gasteiger partial charge on any atom is 0.387 e. The van der Waals surface area contributed by atoms with E-state index in [-0.39, 0.29) is 34.3 Å². The van der Waals surface area contributed by atoms with E-state index >= 15 is 8.78 Å². The highest BCUT2D eigenvalue weighted by Crippen LogP contribution is 2.37. The standard InChI is InChI=1S/C25H20ClF4N3O5/c1-32-8-7-16(26)21(24(32)36)33-11-15(19-17(27)9-14(37-2)10-18(19)28)20(23(33)35)31-22(34)12-3-5-13(6-4-12)38-25(29)30/h3-10,15,20,25H,11H2,1-2H3,(H,31,34)/t15-,20-/m0/s1. The van der Waals surface area contributed by atoms with Gasteiger partial charge in [-0.1, -0.05) is 11.6 Å². The molecule has 2 amide bonds. The molecule has 2 aromatic carbocycles. The first-order valence-corrected chi connectivity index (χ1v) is 11.4. The van der Waals surface area contributed by atoms with Crippen LogP contribution in [0.2, 0.25) is 5.02 Å². The molecule has 2 atom stereocenters. The number of nitrogens with one attached hydrogen (secondary N) is 1. The van der Waals surface area contributed by atoms with Crippen LogP contribution in [0.4, 0.5) is 23.2 Å². The molecule has 0 saturated carbocycles. The van der Waals surface area contributed by atoms with Crippen LogP contribution in [-0.2, 0) is 11.8 Å². The van der Waals surface area contributed by atoms with E-state index in [0.717, 1.165) is 29.2 Å². The molecule has 8 nitrogen and oxygen atoms in total. The van der Waals surface area contributed by atoms with E-state index in [1.165, 1.54) is 43.1 Å². The minimum atomic E-state index is -3.07. The predicted octanol–water partition coefficient (Wildman–Crippen LogP) is 3.86. The summed E-state index contributed by atoms with van der Waals surface area (Å²) in [5.74, 6) is -5.30. The zero-order valence-electron chi connectivity index (χ0n) is 19.9. The van der Waals surface area contributed by atoms with Gasteiger partial charge in [-0.2, -0.15) is 8.78 Å². The first-order valence-electron chi connectivity index (χ1n) is 11.1. The van der Waals surface area contributed by atoms with Gasteiger partial charge in [0.1, 0.15) is 34.9 Å². The zero-order chi connectivity index (χ0) is 27.7. The molecule has 2 heterocycles. The van der Waals surface area contributed by atoms with Crippen molar-refractivity contribution < 1.29 is 36.6 Å². The Morgan fingerprint density at radius 2 is 1.71 bits per heavy atom. The number of pyridine rings is 1. The Kier molecular flexibility index (Phi) is 7.63. The summed E-state index contributed by atoms with van der Waals surface area (Å²) in [5.41, 5.74) is -1.40. The molecule has 0 bridgehead atoms. The van der Waals surface area contributed by atoms with Gasteiger partial charge in [0.05, 0.1) is 12.1 Å². The van der Waals surface area contributed by atoms with Crippen molar-refractivity contribution in [2.24, 2.45) is 7.05 Å². The average Bonchev–Trinajstić information content (AvgIpc) is 3.16. The molecule has 38 heavy (non-hydrogen) atoms. The van der Waals surface area contributed by atoms with Gasteiger partial charge in [-0.25, -0.2) is 8.78 Å². The summed E-state index contributed by atoms with van der Waals surface area (Å²) in [6.07, 6.45) is 1.38. The van der Waals surface area contributed by atoms with Crippen LogP contribution in [0, 0.1) is 11.6 Å². The van der Waals surface area contributed by atoms with Crippen LogP contribution in [0.5, 0.6) is 11.5 Å². The van der Waals surface area contributed by atoms with Crippen molar-refractivity contribution in [3.05, 3.63) is 86.8 Å². The van der Waals surface area contributed by atoms with Gasteiger partial charge < -0.3 is 24.3 Å². The van der Waals surface area contributed by atoms with Crippen molar-refractivity contribution in [2.75, 3.05) is 18.6 Å². The smallest absolute Gasteiger partial charge is 0.387 e. The highest BCUT2D eigenvalue weighted by molar-refractivity contribution is 6.33. The van der Waals surface area contributed by atoms with E-state index in [4.69, 9.17) is 16.3 Å². The first-order chi connectivity index (χ1) is 18.0. The van der Waals surface area contributed by atoms with E-state index in [1.807, 2.05) is 0 Å². The highest BCUT2D eigenvalue weighted by atomic mass is 35.5. The molecule has 1 aliphatic heterocycles. The highest BCUT2D eigenvalue weighted by Gasteiger charge is 2.46. The van der Waals surface area contributed by atoms with Crippen molar-refractivity contribution in [1.29, 1.82) is 0 Å². The number of anilines is 1. The van der Waals surface area contributed by atoms with Gasteiger partial charge >= 0.3 is 6.61 Å². The molecule has 4 rings (SSSR count). The van der Waals surface area contributed by atoms with Crippen molar-refractivity contribution in [2.45, 2.75) is 18.6 Å². The number of aromatic nitrogens is 1. The van der Waals surface area contributed by atoms with Gasteiger partial charge in [0.2, 0.25) is 5.91 Å². The Hall–Kier alpha value is -4.06. The fourth-order valence-corrected chi connectivity index (χ4v) is 4.48. The van der Waals surface area contributed by atoms with Crippen LogP contribution >= 0.6 is 11.6 Å². The van der Waals surface area contributed by atoms with Crippen LogP contribution in [-0.4, -0.2) is 42.7 Å². The molecule has 1 N–H and O–H groups in total. The molecule has 1 aromatic heterocycles. The fraction of sp³-hybridized carbons (Fsp3) is 0.240. The second kappa shape index (κ2) is 10.7. The summed E-state index contributed by atoms with van der Waals surface area (Å²) in [5, 5.41) is 2.38. The third-order valence-electron chi connectivity index (χ3n) is 6.06. The van der Waals surface area contributed by atoms with Gasteiger partial charge in [0.25, 0.3) is 11.5 Å². The van der Waals surface area contributed by atoms with Crippen LogP contribution in [0.1, 0.15) is 21.8 Å². The molecule has 0 radical (unpaired) electrons. The first kappa shape index (κ1) is 27.0. The van der Waals surface area contributed by atoms with Crippen LogP contribution in [0.3, 0.4) is 0 Å². The molecule has 3 aromatic rings. The summed E-state index contributed by atoms with van der Waals surface area (Å²) in [6, 6.07) is 6.33. The molecule has 1 saturated heterocycles. The Labute approximate surface area is 218 Å². The molecule has 1 fully saturated rings. The average molecular weight is 554 g/mol. The van der Waals surface area contributed by atoms with Gasteiger partial charge in [0.15, 0.2) is 0 Å². The topological polar surface area (TPSA) is 89.9 Å². The van der Waals surface area contributed by atoms with Crippen LogP contribution in [0.15, 0.2) is 53.5 Å². The normalized spacial score (nSPS) is 17.2. The van der Waals surface area contributed by atoms with Gasteiger partial charge in [-0.15, -0.1) is 0 Å². The van der Waals surface area contributed by atoms with Crippen LogP contribution in [0.25, 0.3) is 0 Å². The molecule has 13 heteroatoms. The number of carbonyl (C=O) groups is 2. The monoisotopic (exact) mass is 553 g/mol. The Morgan fingerprint density at radius 1 is 1.08 bits per heavy atom. The number of nitrogens with zero attached hydrogens (tertiary/aromatic N) is 2. The number of hydrogen-bond acceptors (Lipinski definition) is 5. The minimum Gasteiger partial charge on any atom is -0.497 e. The minimum absolute atomic E-state index is 0.0408. The maximum atomic E-state index is 15.1. The number of halogens is 5. The number of hydrogen-bond donors (Lipinski definition) is 1. The molecule has 0 aliphatic carbocycles. The van der Waals surface area contributed by atoms with Crippen molar-refractivity contribution in [3.8, 4) is 11.5 Å². The number of aryl methyl sites for hydroxylation is 1. The quantitative estimate of drug-likeness (QED) is 0.449. The number of carbonyl (C=O) groups excluding carboxylic acids is 2. The van der Waals surface area contributed by atoms with Gasteiger partial charge in [-0.05, 0) is 30.3 Å². The largest absolute Gasteiger partial charge is 0.497 e. The van der Waals surface area contributed by atoms with E-state index in [2.05, 4.69) is 10.1 Å². The second-order valence-corrected chi connectivity index (χ2v) is 8.75. The molecular formula is C25H20ClF4N3O5. The number of alkyl halides is 2. The Morgan fingerprint density at radius 3 is 2.29 bits per heavy atom. The Bertz CT molecular complexity index is 1420. The van der Waals surface area contributed by atoms with E-state index in [0.29, 0.717) is 0 Å². The molecule has 1 aliphatic rings. The van der Waals surface area contributed by atoms with Crippen molar-refractivity contribution in [3.63, 3.8) is 0 Å². The SMILES string of the molecule is COc1cc(F)c([C@@H]2CN(c3c(Cl)ccn(C)c3=O)C(=O)[C@H]2NC(=O)c2ccc(OC(F)F)cc2)c(F)c1. The summed E-state index contributed by atoms with van der Waals surface area (Å²) in [6.45, 7) is -3.45. The van der Waals surface area contributed by atoms with Crippen molar-refractivity contribution in [1.82, 2.24) is 9.88 Å². The molecule has 0 spiro atoms. The number of methoxy groups -OCH3 is 1. The lowest BCUT2D eigenvalue weighted by Gasteiger charge is -2.20. The van der Waals surface area contributed by atoms with Gasteiger partial charge in [0, 0.05) is 49.0 Å². The number of amides is 2. The zero-order valence-corrected chi connectivity index (χ0v) is 20.6. The lowest BCUT2D eigenvalue weighted by atomic mass is 9.92. The van der Waals surface area contributed by atoms with E-state index in [1.54, 1.807) is 0 Å². The van der Waals surface area contributed by atoms with Crippen LogP contribution < -0.4 is 25.2 Å². The third-order valence-corrected chi connectivity index (χ3v) is 6.37.